The molecule has 3 rings (SSSR count). The lowest BCUT2D eigenvalue weighted by atomic mass is 10.2. The van der Waals surface area contributed by atoms with Crippen molar-refractivity contribution >= 4 is 5.82 Å². The van der Waals surface area contributed by atoms with Crippen LogP contribution in [0.4, 0.5) is 5.82 Å². The second-order valence-corrected chi connectivity index (χ2v) is 4.10. The summed E-state index contributed by atoms with van der Waals surface area (Å²) in [6.07, 6.45) is 0. The van der Waals surface area contributed by atoms with Crippen LogP contribution in [0.25, 0.3) is 11.5 Å². The van der Waals surface area contributed by atoms with Gasteiger partial charge in [0.1, 0.15) is 0 Å². The van der Waals surface area contributed by atoms with Crippen molar-refractivity contribution in [2.75, 3.05) is 5.73 Å². The maximum atomic E-state index is 5.55. The molecule has 0 aliphatic rings. The predicted molar refractivity (Wildman–Crippen MR) is 69.0 cm³/mol. The molecule has 0 radical (unpaired) electrons. The van der Waals surface area contributed by atoms with Crippen molar-refractivity contribution < 1.29 is 9.15 Å². The largest absolute Gasteiger partial charge is 0.379 e. The molecule has 0 amide bonds. The Morgan fingerprint density at radius 2 is 1.90 bits per heavy atom. The molecule has 3 aromatic rings. The van der Waals surface area contributed by atoms with Crippen molar-refractivity contribution in [1.29, 1.82) is 0 Å². The van der Waals surface area contributed by atoms with Gasteiger partial charge in [-0.2, -0.15) is 4.98 Å². The van der Waals surface area contributed by atoms with Crippen LogP contribution in [0.15, 0.2) is 39.5 Å². The summed E-state index contributed by atoms with van der Waals surface area (Å²) < 4.78 is 9.58. The van der Waals surface area contributed by atoms with Gasteiger partial charge < -0.3 is 15.6 Å². The number of benzene rings is 1. The van der Waals surface area contributed by atoms with Crippen molar-refractivity contribution in [2.24, 2.45) is 0 Å². The van der Waals surface area contributed by atoms with Crippen molar-refractivity contribution in [3.8, 4) is 11.5 Å². The van der Waals surface area contributed by atoms with Gasteiger partial charge in [0, 0.05) is 6.54 Å². The third-order valence-electron chi connectivity index (χ3n) is 2.64. The first kappa shape index (κ1) is 12.3. The van der Waals surface area contributed by atoms with E-state index in [2.05, 4.69) is 30.4 Å². The monoisotopic (exact) mass is 272 g/mol. The maximum absolute atomic E-state index is 5.55. The van der Waals surface area contributed by atoms with E-state index in [9.17, 15) is 0 Å². The zero-order valence-corrected chi connectivity index (χ0v) is 10.5. The van der Waals surface area contributed by atoms with Gasteiger partial charge in [-0.05, 0) is 15.9 Å². The summed E-state index contributed by atoms with van der Waals surface area (Å²) in [6, 6.07) is 10.0. The van der Waals surface area contributed by atoms with Gasteiger partial charge in [0.2, 0.25) is 11.7 Å². The molecule has 0 fully saturated rings. The van der Waals surface area contributed by atoms with Crippen LogP contribution in [0.1, 0.15) is 11.5 Å². The first-order chi connectivity index (χ1) is 9.83. The lowest BCUT2D eigenvalue weighted by Gasteiger charge is -2.00. The highest BCUT2D eigenvalue weighted by Crippen LogP contribution is 2.18. The van der Waals surface area contributed by atoms with E-state index < -0.39 is 0 Å². The fraction of sp³-hybridized carbons (Fsp3) is 0.167. The Morgan fingerprint density at radius 3 is 2.65 bits per heavy atom. The molecule has 0 atom stereocenters. The molecule has 8 heteroatoms. The Kier molecular flexibility index (Phi) is 3.38. The highest BCUT2D eigenvalue weighted by atomic mass is 16.6. The Hall–Kier alpha value is -2.74. The number of nitrogen functional groups attached to an aromatic ring is 1. The molecule has 1 aromatic carbocycles. The number of hydrogen-bond donors (Lipinski definition) is 2. The topological polar surface area (TPSA) is 116 Å². The van der Waals surface area contributed by atoms with Gasteiger partial charge in [-0.3, -0.25) is 0 Å². The van der Waals surface area contributed by atoms with E-state index >= 15 is 0 Å². The maximum Gasteiger partial charge on any atom is 0.240 e. The molecule has 0 unspecified atom stereocenters. The minimum atomic E-state index is 0.134. The van der Waals surface area contributed by atoms with Crippen LogP contribution < -0.4 is 11.1 Å². The molecule has 0 aliphatic carbocycles. The Bertz CT molecular complexity index is 678. The average Bonchev–Trinajstić information content (AvgIpc) is 3.09. The number of hydrogen-bond acceptors (Lipinski definition) is 8. The Balaban J connectivity index is 1.59. The summed E-state index contributed by atoms with van der Waals surface area (Å²) >= 11 is 0. The molecule has 20 heavy (non-hydrogen) atoms. The van der Waals surface area contributed by atoms with Gasteiger partial charge in [-0.15, -0.1) is 0 Å². The summed E-state index contributed by atoms with van der Waals surface area (Å²) in [7, 11) is 0. The molecule has 102 valence electrons. The first-order valence-corrected chi connectivity index (χ1v) is 5.98. The van der Waals surface area contributed by atoms with Crippen LogP contribution >= 0.6 is 0 Å². The average molecular weight is 272 g/mol. The van der Waals surface area contributed by atoms with Crippen LogP contribution in [-0.4, -0.2) is 20.5 Å². The van der Waals surface area contributed by atoms with Crippen molar-refractivity contribution in [2.45, 2.75) is 13.1 Å². The van der Waals surface area contributed by atoms with Crippen LogP contribution in [0.5, 0.6) is 0 Å². The molecule has 8 nitrogen and oxygen atoms in total. The number of nitrogens with one attached hydrogen (secondary N) is 1. The summed E-state index contributed by atoms with van der Waals surface area (Å²) in [5.41, 5.74) is 7.01. The number of anilines is 1. The van der Waals surface area contributed by atoms with Crippen LogP contribution in [-0.2, 0) is 13.1 Å². The van der Waals surface area contributed by atoms with Gasteiger partial charge in [0.25, 0.3) is 0 Å². The van der Waals surface area contributed by atoms with Crippen LogP contribution in [0, 0.1) is 0 Å². The first-order valence-electron chi connectivity index (χ1n) is 5.98. The van der Waals surface area contributed by atoms with Crippen molar-refractivity contribution in [3.63, 3.8) is 0 Å². The molecule has 2 heterocycles. The standard InChI is InChI=1S/C12H12N6O2/c13-11-10(16-20-17-11)12-15-9(19-18-12)7-14-6-8-4-2-1-3-5-8/h1-5,14H,6-7H2,(H2,13,17). The third-order valence-corrected chi connectivity index (χ3v) is 2.64. The van der Waals surface area contributed by atoms with Gasteiger partial charge in [0.15, 0.2) is 11.5 Å². The fourth-order valence-electron chi connectivity index (χ4n) is 1.68. The second-order valence-electron chi connectivity index (χ2n) is 4.10. The predicted octanol–water partition coefficient (Wildman–Crippen LogP) is 0.992. The Morgan fingerprint density at radius 1 is 1.05 bits per heavy atom. The normalized spacial score (nSPS) is 10.8. The minimum absolute atomic E-state index is 0.134. The summed E-state index contributed by atoms with van der Waals surface area (Å²) in [4.78, 5) is 4.16. The molecule has 0 saturated heterocycles. The van der Waals surface area contributed by atoms with E-state index in [1.165, 1.54) is 5.56 Å². The SMILES string of the molecule is Nc1nonc1-c1noc(CNCc2ccccc2)n1. The van der Waals surface area contributed by atoms with Crippen LogP contribution in [0.3, 0.4) is 0 Å². The zero-order chi connectivity index (χ0) is 13.8. The van der Waals surface area contributed by atoms with E-state index in [1.54, 1.807) is 0 Å². The highest BCUT2D eigenvalue weighted by Gasteiger charge is 2.16. The smallest absolute Gasteiger partial charge is 0.240 e. The van der Waals surface area contributed by atoms with Crippen molar-refractivity contribution in [3.05, 3.63) is 41.8 Å². The Labute approximate surface area is 113 Å². The van der Waals surface area contributed by atoms with Gasteiger partial charge in [-0.1, -0.05) is 35.5 Å². The molecular formula is C12H12N6O2. The molecule has 3 N–H and O–H groups in total. The zero-order valence-electron chi connectivity index (χ0n) is 10.5. The summed E-state index contributed by atoms with van der Waals surface area (Å²) in [5.74, 6) is 0.841. The lowest BCUT2D eigenvalue weighted by Crippen LogP contribution is -2.12. The van der Waals surface area contributed by atoms with Crippen LogP contribution in [0.2, 0.25) is 0 Å². The number of nitrogens with zero attached hydrogens (tertiary/aromatic N) is 4. The fourth-order valence-corrected chi connectivity index (χ4v) is 1.68. The lowest BCUT2D eigenvalue weighted by molar-refractivity contribution is 0.310. The van der Waals surface area contributed by atoms with E-state index in [0.29, 0.717) is 19.0 Å². The quantitative estimate of drug-likeness (QED) is 0.706. The van der Waals surface area contributed by atoms with E-state index in [-0.39, 0.29) is 17.3 Å². The second kappa shape index (κ2) is 5.49. The minimum Gasteiger partial charge on any atom is -0.379 e. The number of aromatic nitrogens is 4. The van der Waals surface area contributed by atoms with Gasteiger partial charge in [-0.25, -0.2) is 4.63 Å². The van der Waals surface area contributed by atoms with E-state index in [0.717, 1.165) is 0 Å². The molecule has 0 saturated carbocycles. The number of rotatable bonds is 5. The molecule has 0 spiro atoms. The molecular weight excluding hydrogens is 260 g/mol. The van der Waals surface area contributed by atoms with Crippen molar-refractivity contribution in [1.82, 2.24) is 25.8 Å². The number of nitrogens with two attached hydrogens (primary N) is 1. The summed E-state index contributed by atoms with van der Waals surface area (Å²) in [6.45, 7) is 1.17. The highest BCUT2D eigenvalue weighted by molar-refractivity contribution is 5.61. The third kappa shape index (κ3) is 2.64. The molecule has 2 aromatic heterocycles. The molecule has 0 aliphatic heterocycles. The van der Waals surface area contributed by atoms with Gasteiger partial charge >= 0.3 is 0 Å². The van der Waals surface area contributed by atoms with E-state index in [4.69, 9.17) is 10.3 Å². The van der Waals surface area contributed by atoms with Gasteiger partial charge in [0.05, 0.1) is 6.54 Å². The summed E-state index contributed by atoms with van der Waals surface area (Å²) in [5, 5.41) is 14.0. The van der Waals surface area contributed by atoms with E-state index in [1.807, 2.05) is 30.3 Å². The molecule has 0 bridgehead atoms.